The number of rotatable bonds is 6. The molecule has 7 heteroatoms. The molecule has 1 amide bonds. The summed E-state index contributed by atoms with van der Waals surface area (Å²) in [5.74, 6) is 1.13. The van der Waals surface area contributed by atoms with Crippen molar-refractivity contribution in [2.75, 3.05) is 43.5 Å². The van der Waals surface area contributed by atoms with Gasteiger partial charge in [0.05, 0.1) is 19.0 Å². The van der Waals surface area contributed by atoms with E-state index in [0.29, 0.717) is 17.0 Å². The first kappa shape index (κ1) is 21.8. The monoisotopic (exact) mass is 434 g/mol. The molecule has 1 aliphatic heterocycles. The molecule has 32 heavy (non-hydrogen) atoms. The number of carbonyl (C=O) groups is 1. The zero-order chi connectivity index (χ0) is 22.3. The Bertz CT molecular complexity index is 1040. The zero-order valence-corrected chi connectivity index (χ0v) is 18.1. The second-order valence-corrected chi connectivity index (χ2v) is 7.83. The lowest BCUT2D eigenvalue weighted by molar-refractivity contribution is 0.102. The van der Waals surface area contributed by atoms with Crippen LogP contribution in [0.4, 0.5) is 15.9 Å². The lowest BCUT2D eigenvalue weighted by Crippen LogP contribution is -2.31. The molecule has 1 aliphatic rings. The molecule has 1 N–H and O–H groups in total. The molecule has 2 heterocycles. The quantitative estimate of drug-likeness (QED) is 0.630. The van der Waals surface area contributed by atoms with Gasteiger partial charge in [0, 0.05) is 38.3 Å². The summed E-state index contributed by atoms with van der Waals surface area (Å²) in [5, 5.41) is 2.88. The van der Waals surface area contributed by atoms with Crippen LogP contribution in [0.25, 0.3) is 0 Å². The minimum Gasteiger partial charge on any atom is -0.497 e. The summed E-state index contributed by atoms with van der Waals surface area (Å²) in [6.45, 7) is 4.50. The summed E-state index contributed by atoms with van der Waals surface area (Å²) in [6.07, 6.45) is 2.71. The lowest BCUT2D eigenvalue weighted by Gasteiger charge is -2.23. The smallest absolute Gasteiger partial charge is 0.255 e. The van der Waals surface area contributed by atoms with Crippen LogP contribution < -0.4 is 15.0 Å². The van der Waals surface area contributed by atoms with E-state index in [1.54, 1.807) is 37.6 Å². The van der Waals surface area contributed by atoms with E-state index >= 15 is 0 Å². The van der Waals surface area contributed by atoms with Crippen LogP contribution in [0.1, 0.15) is 22.3 Å². The van der Waals surface area contributed by atoms with Crippen molar-refractivity contribution in [2.45, 2.75) is 13.0 Å². The Balaban J connectivity index is 1.33. The van der Waals surface area contributed by atoms with Crippen molar-refractivity contribution in [3.63, 3.8) is 0 Å². The van der Waals surface area contributed by atoms with Gasteiger partial charge in [-0.15, -0.1) is 0 Å². The number of methoxy groups -OCH3 is 1. The molecule has 3 aromatic rings. The molecule has 6 nitrogen and oxygen atoms in total. The highest BCUT2D eigenvalue weighted by atomic mass is 19.1. The van der Waals surface area contributed by atoms with Gasteiger partial charge in [-0.3, -0.25) is 9.69 Å². The van der Waals surface area contributed by atoms with Gasteiger partial charge in [-0.25, -0.2) is 9.37 Å². The highest BCUT2D eigenvalue weighted by Gasteiger charge is 2.16. The van der Waals surface area contributed by atoms with Crippen LogP contribution in [-0.2, 0) is 6.54 Å². The molecule has 1 saturated heterocycles. The van der Waals surface area contributed by atoms with E-state index in [1.807, 2.05) is 24.3 Å². The first-order valence-electron chi connectivity index (χ1n) is 10.7. The van der Waals surface area contributed by atoms with Crippen LogP contribution in [0.2, 0.25) is 0 Å². The molecule has 0 bridgehead atoms. The number of nitrogens with zero attached hydrogens (tertiary/aromatic N) is 3. The van der Waals surface area contributed by atoms with E-state index in [2.05, 4.69) is 20.1 Å². The number of benzene rings is 2. The Kier molecular flexibility index (Phi) is 6.97. The first-order valence-corrected chi connectivity index (χ1v) is 10.7. The van der Waals surface area contributed by atoms with E-state index < -0.39 is 0 Å². The summed E-state index contributed by atoms with van der Waals surface area (Å²) in [4.78, 5) is 21.7. The number of halogens is 1. The summed E-state index contributed by atoms with van der Waals surface area (Å²) in [7, 11) is 1.57. The Morgan fingerprint density at radius 1 is 1.06 bits per heavy atom. The van der Waals surface area contributed by atoms with Gasteiger partial charge in [-0.1, -0.05) is 18.2 Å². The molecule has 2 aromatic carbocycles. The van der Waals surface area contributed by atoms with Gasteiger partial charge >= 0.3 is 0 Å². The number of hydrogen-bond acceptors (Lipinski definition) is 5. The summed E-state index contributed by atoms with van der Waals surface area (Å²) >= 11 is 0. The molecular formula is C25H27FN4O2. The predicted octanol–water partition coefficient (Wildman–Crippen LogP) is 4.19. The van der Waals surface area contributed by atoms with Crippen LogP contribution in [0.15, 0.2) is 66.9 Å². The number of aromatic nitrogens is 1. The molecule has 0 aliphatic carbocycles. The van der Waals surface area contributed by atoms with Gasteiger partial charge in [-0.2, -0.15) is 0 Å². The molecule has 0 spiro atoms. The fraction of sp³-hybridized carbons (Fsp3) is 0.280. The Morgan fingerprint density at radius 2 is 1.91 bits per heavy atom. The number of pyridine rings is 1. The summed E-state index contributed by atoms with van der Waals surface area (Å²) in [6, 6.07) is 17.6. The van der Waals surface area contributed by atoms with E-state index in [1.165, 1.54) is 12.1 Å². The van der Waals surface area contributed by atoms with Crippen molar-refractivity contribution in [3.8, 4) is 5.75 Å². The normalized spacial score (nSPS) is 14.6. The standard InChI is InChI=1S/C25H27FN4O2/c1-32-23-5-2-4-20(16-23)25(31)28-22-10-11-24(27-17-22)30-13-3-12-29(14-15-30)18-19-6-8-21(26)9-7-19/h2,4-11,16-17H,3,12-15,18H2,1H3,(H,28,31). The van der Waals surface area contributed by atoms with Gasteiger partial charge in [0.2, 0.25) is 0 Å². The number of ether oxygens (including phenoxy) is 1. The van der Waals surface area contributed by atoms with Gasteiger partial charge in [-0.05, 0) is 54.4 Å². The van der Waals surface area contributed by atoms with Crippen molar-refractivity contribution >= 4 is 17.4 Å². The molecule has 0 radical (unpaired) electrons. The van der Waals surface area contributed by atoms with Crippen molar-refractivity contribution < 1.29 is 13.9 Å². The van der Waals surface area contributed by atoms with E-state index in [0.717, 1.165) is 50.5 Å². The minimum absolute atomic E-state index is 0.204. The molecule has 0 unspecified atom stereocenters. The highest BCUT2D eigenvalue weighted by Crippen LogP contribution is 2.19. The third kappa shape index (κ3) is 5.62. The van der Waals surface area contributed by atoms with Gasteiger partial charge in [0.1, 0.15) is 17.4 Å². The molecular weight excluding hydrogens is 407 g/mol. The average Bonchev–Trinajstić information content (AvgIpc) is 3.06. The second kappa shape index (κ2) is 10.2. The highest BCUT2D eigenvalue weighted by molar-refractivity contribution is 6.04. The number of anilines is 2. The van der Waals surface area contributed by atoms with Crippen molar-refractivity contribution in [1.29, 1.82) is 0 Å². The number of nitrogens with one attached hydrogen (secondary N) is 1. The molecule has 0 saturated carbocycles. The SMILES string of the molecule is COc1cccc(C(=O)Nc2ccc(N3CCCN(Cc4ccc(F)cc4)CC3)nc2)c1. The maximum absolute atomic E-state index is 13.1. The fourth-order valence-corrected chi connectivity index (χ4v) is 3.82. The van der Waals surface area contributed by atoms with Crippen LogP contribution in [-0.4, -0.2) is 49.1 Å². The van der Waals surface area contributed by atoms with Crippen LogP contribution in [0.3, 0.4) is 0 Å². The predicted molar refractivity (Wildman–Crippen MR) is 124 cm³/mol. The Hall–Kier alpha value is -3.45. The summed E-state index contributed by atoms with van der Waals surface area (Å²) in [5.41, 5.74) is 2.30. The molecule has 1 fully saturated rings. The van der Waals surface area contributed by atoms with Crippen molar-refractivity contribution in [3.05, 3.63) is 83.8 Å². The molecule has 166 valence electrons. The van der Waals surface area contributed by atoms with Crippen LogP contribution in [0.5, 0.6) is 5.75 Å². The van der Waals surface area contributed by atoms with Crippen LogP contribution >= 0.6 is 0 Å². The Morgan fingerprint density at radius 3 is 2.66 bits per heavy atom. The van der Waals surface area contributed by atoms with Crippen molar-refractivity contribution in [2.24, 2.45) is 0 Å². The van der Waals surface area contributed by atoms with Gasteiger partial charge in [0.25, 0.3) is 5.91 Å². The van der Waals surface area contributed by atoms with E-state index in [9.17, 15) is 9.18 Å². The van der Waals surface area contributed by atoms with E-state index in [4.69, 9.17) is 4.74 Å². The largest absolute Gasteiger partial charge is 0.497 e. The minimum atomic E-state index is -0.204. The van der Waals surface area contributed by atoms with Gasteiger partial charge < -0.3 is 15.0 Å². The maximum atomic E-state index is 13.1. The average molecular weight is 435 g/mol. The molecule has 1 aromatic heterocycles. The zero-order valence-electron chi connectivity index (χ0n) is 18.1. The second-order valence-electron chi connectivity index (χ2n) is 7.83. The number of hydrogen-bond donors (Lipinski definition) is 1. The third-order valence-electron chi connectivity index (χ3n) is 5.57. The molecule has 4 rings (SSSR count). The number of amides is 1. The van der Waals surface area contributed by atoms with E-state index in [-0.39, 0.29) is 11.7 Å². The van der Waals surface area contributed by atoms with Gasteiger partial charge in [0.15, 0.2) is 0 Å². The van der Waals surface area contributed by atoms with Crippen molar-refractivity contribution in [1.82, 2.24) is 9.88 Å². The Labute approximate surface area is 187 Å². The fourth-order valence-electron chi connectivity index (χ4n) is 3.82. The lowest BCUT2D eigenvalue weighted by atomic mass is 10.2. The topological polar surface area (TPSA) is 57.7 Å². The van der Waals surface area contributed by atoms with Crippen LogP contribution in [0, 0.1) is 5.82 Å². The first-order chi connectivity index (χ1) is 15.6. The third-order valence-corrected chi connectivity index (χ3v) is 5.57. The maximum Gasteiger partial charge on any atom is 0.255 e. The summed E-state index contributed by atoms with van der Waals surface area (Å²) < 4.78 is 18.3. The molecule has 0 atom stereocenters. The number of carbonyl (C=O) groups excluding carboxylic acids is 1.